The molecule has 1 amide bonds. The van der Waals surface area contributed by atoms with Crippen molar-refractivity contribution in [2.45, 2.75) is 51.7 Å². The molecule has 5 nitrogen and oxygen atoms in total. The fraction of sp³-hybridized carbons (Fsp3) is 0.846. The Labute approximate surface area is 108 Å². The zero-order valence-corrected chi connectivity index (χ0v) is 11.6. The van der Waals surface area contributed by atoms with Gasteiger partial charge in [-0.25, -0.2) is 0 Å². The Morgan fingerprint density at radius 3 is 2.50 bits per heavy atom. The third-order valence-electron chi connectivity index (χ3n) is 3.68. The van der Waals surface area contributed by atoms with Crippen molar-refractivity contribution in [2.24, 2.45) is 5.92 Å². The predicted molar refractivity (Wildman–Crippen MR) is 67.2 cm³/mol. The summed E-state index contributed by atoms with van der Waals surface area (Å²) in [5.74, 6) is -1.04. The first-order valence-electron chi connectivity index (χ1n) is 6.34. The highest BCUT2D eigenvalue weighted by Crippen LogP contribution is 2.25. The van der Waals surface area contributed by atoms with Gasteiger partial charge in [0.1, 0.15) is 0 Å². The average molecular weight is 257 g/mol. The molecule has 0 aliphatic carbocycles. The van der Waals surface area contributed by atoms with Gasteiger partial charge in [0.05, 0.1) is 17.9 Å². The van der Waals surface area contributed by atoms with Crippen LogP contribution >= 0.6 is 0 Å². The second-order valence-electron chi connectivity index (χ2n) is 5.64. The second-order valence-corrected chi connectivity index (χ2v) is 5.64. The van der Waals surface area contributed by atoms with Crippen LogP contribution in [-0.2, 0) is 14.3 Å². The zero-order chi connectivity index (χ0) is 13.9. The maximum Gasteiger partial charge on any atom is 0.306 e. The van der Waals surface area contributed by atoms with Crippen LogP contribution in [0.5, 0.6) is 0 Å². The van der Waals surface area contributed by atoms with Crippen molar-refractivity contribution in [1.29, 1.82) is 0 Å². The largest absolute Gasteiger partial charge is 0.481 e. The van der Waals surface area contributed by atoms with Gasteiger partial charge >= 0.3 is 5.97 Å². The highest BCUT2D eigenvalue weighted by Gasteiger charge is 2.34. The predicted octanol–water partition coefficient (Wildman–Crippen LogP) is 1.51. The van der Waals surface area contributed by atoms with E-state index in [0.29, 0.717) is 25.8 Å². The fourth-order valence-corrected chi connectivity index (χ4v) is 2.30. The SMILES string of the molecule is COC(C)(C)CC(=O)N1CCC(C(=O)O)CC1C. The van der Waals surface area contributed by atoms with Gasteiger partial charge in [0.15, 0.2) is 0 Å². The molecule has 1 aliphatic heterocycles. The average Bonchev–Trinajstić information content (AvgIpc) is 2.28. The molecule has 1 N–H and O–H groups in total. The lowest BCUT2D eigenvalue weighted by Crippen LogP contribution is -2.48. The van der Waals surface area contributed by atoms with E-state index in [1.54, 1.807) is 12.0 Å². The lowest BCUT2D eigenvalue weighted by atomic mass is 9.91. The topological polar surface area (TPSA) is 66.8 Å². The molecule has 1 aliphatic rings. The first-order chi connectivity index (χ1) is 8.26. The normalized spacial score (nSPS) is 25.0. The van der Waals surface area contributed by atoms with Crippen LogP contribution in [0.4, 0.5) is 0 Å². The van der Waals surface area contributed by atoms with Gasteiger partial charge in [-0.15, -0.1) is 0 Å². The number of piperidine rings is 1. The van der Waals surface area contributed by atoms with Crippen LogP contribution in [0.3, 0.4) is 0 Å². The van der Waals surface area contributed by atoms with Crippen molar-refractivity contribution in [3.63, 3.8) is 0 Å². The number of ether oxygens (including phenoxy) is 1. The summed E-state index contributed by atoms with van der Waals surface area (Å²) in [6.07, 6.45) is 1.40. The van der Waals surface area contributed by atoms with E-state index >= 15 is 0 Å². The number of carboxylic acids is 1. The number of likely N-dealkylation sites (tertiary alicyclic amines) is 1. The van der Waals surface area contributed by atoms with Crippen molar-refractivity contribution in [3.05, 3.63) is 0 Å². The maximum absolute atomic E-state index is 12.2. The summed E-state index contributed by atoms with van der Waals surface area (Å²) in [5.41, 5.74) is -0.472. The van der Waals surface area contributed by atoms with Gasteiger partial charge in [0.25, 0.3) is 0 Å². The Bertz CT molecular complexity index is 327. The molecule has 1 rings (SSSR count). The van der Waals surface area contributed by atoms with E-state index < -0.39 is 11.6 Å². The molecule has 18 heavy (non-hydrogen) atoms. The zero-order valence-electron chi connectivity index (χ0n) is 11.6. The molecule has 0 saturated carbocycles. The number of amides is 1. The first-order valence-corrected chi connectivity index (χ1v) is 6.34. The highest BCUT2D eigenvalue weighted by atomic mass is 16.5. The fourth-order valence-electron chi connectivity index (χ4n) is 2.30. The number of carbonyl (C=O) groups is 2. The van der Waals surface area contributed by atoms with Crippen LogP contribution in [-0.4, -0.2) is 47.2 Å². The minimum Gasteiger partial charge on any atom is -0.481 e. The van der Waals surface area contributed by atoms with E-state index in [2.05, 4.69) is 0 Å². The molecule has 0 radical (unpaired) electrons. The number of aliphatic carboxylic acids is 1. The molecular formula is C13H23NO4. The van der Waals surface area contributed by atoms with Crippen LogP contribution in [0.15, 0.2) is 0 Å². The summed E-state index contributed by atoms with van der Waals surface area (Å²) >= 11 is 0. The Morgan fingerprint density at radius 2 is 2.06 bits per heavy atom. The van der Waals surface area contributed by atoms with Crippen molar-refractivity contribution >= 4 is 11.9 Å². The van der Waals surface area contributed by atoms with E-state index in [4.69, 9.17) is 9.84 Å². The van der Waals surface area contributed by atoms with Gasteiger partial charge in [-0.1, -0.05) is 0 Å². The molecule has 1 fully saturated rings. The summed E-state index contributed by atoms with van der Waals surface area (Å²) in [4.78, 5) is 24.9. The number of nitrogens with zero attached hydrogens (tertiary/aromatic N) is 1. The molecule has 104 valence electrons. The molecule has 5 heteroatoms. The number of carbonyl (C=O) groups excluding carboxylic acids is 1. The van der Waals surface area contributed by atoms with Crippen LogP contribution in [0.25, 0.3) is 0 Å². The monoisotopic (exact) mass is 257 g/mol. The van der Waals surface area contributed by atoms with E-state index in [0.717, 1.165) is 0 Å². The molecule has 2 atom stereocenters. The van der Waals surface area contributed by atoms with E-state index in [9.17, 15) is 9.59 Å². The molecule has 0 aromatic rings. The van der Waals surface area contributed by atoms with Crippen LogP contribution < -0.4 is 0 Å². The Balaban J connectivity index is 2.58. The molecule has 0 aromatic carbocycles. The van der Waals surface area contributed by atoms with Gasteiger partial charge in [0.2, 0.25) is 5.91 Å². The number of methoxy groups -OCH3 is 1. The Hall–Kier alpha value is -1.10. The third kappa shape index (κ3) is 3.70. The van der Waals surface area contributed by atoms with Gasteiger partial charge in [0, 0.05) is 19.7 Å². The second kappa shape index (κ2) is 5.69. The summed E-state index contributed by atoms with van der Waals surface area (Å²) < 4.78 is 5.25. The molecule has 0 bridgehead atoms. The van der Waals surface area contributed by atoms with E-state index in [1.807, 2.05) is 20.8 Å². The summed E-state index contributed by atoms with van der Waals surface area (Å²) in [5, 5.41) is 8.98. The number of rotatable bonds is 4. The molecule has 1 heterocycles. The van der Waals surface area contributed by atoms with Gasteiger partial charge in [-0.3, -0.25) is 9.59 Å². The molecular weight excluding hydrogens is 234 g/mol. The van der Waals surface area contributed by atoms with Crippen molar-refractivity contribution in [2.75, 3.05) is 13.7 Å². The van der Waals surface area contributed by atoms with Gasteiger partial charge < -0.3 is 14.7 Å². The van der Waals surface area contributed by atoms with Gasteiger partial charge in [-0.05, 0) is 33.6 Å². The van der Waals surface area contributed by atoms with E-state index in [1.165, 1.54) is 0 Å². The summed E-state index contributed by atoms with van der Waals surface area (Å²) in [7, 11) is 1.59. The van der Waals surface area contributed by atoms with Crippen molar-refractivity contribution < 1.29 is 19.4 Å². The number of hydrogen-bond donors (Lipinski definition) is 1. The van der Waals surface area contributed by atoms with Crippen LogP contribution in [0.2, 0.25) is 0 Å². The molecule has 2 unspecified atom stereocenters. The number of hydrogen-bond acceptors (Lipinski definition) is 3. The highest BCUT2D eigenvalue weighted by molar-refractivity contribution is 5.78. The first kappa shape index (κ1) is 15.0. The number of carboxylic acid groups (broad SMARTS) is 1. The smallest absolute Gasteiger partial charge is 0.306 e. The standard InChI is InChI=1S/C13H23NO4/c1-9-7-10(12(16)17)5-6-14(9)11(15)8-13(2,3)18-4/h9-10H,5-8H2,1-4H3,(H,16,17). The van der Waals surface area contributed by atoms with Crippen molar-refractivity contribution in [1.82, 2.24) is 4.90 Å². The maximum atomic E-state index is 12.2. The third-order valence-corrected chi connectivity index (χ3v) is 3.68. The van der Waals surface area contributed by atoms with Gasteiger partial charge in [-0.2, -0.15) is 0 Å². The minimum atomic E-state index is -0.758. The lowest BCUT2D eigenvalue weighted by molar-refractivity contribution is -0.149. The Kier molecular flexibility index (Phi) is 4.73. The molecule has 0 aromatic heterocycles. The van der Waals surface area contributed by atoms with E-state index in [-0.39, 0.29) is 17.9 Å². The summed E-state index contributed by atoms with van der Waals surface area (Å²) in [6.45, 7) is 6.18. The van der Waals surface area contributed by atoms with Crippen LogP contribution in [0, 0.1) is 5.92 Å². The minimum absolute atomic E-state index is 0.0139. The quantitative estimate of drug-likeness (QED) is 0.829. The van der Waals surface area contributed by atoms with Crippen LogP contribution in [0.1, 0.15) is 40.0 Å². The van der Waals surface area contributed by atoms with Crippen molar-refractivity contribution in [3.8, 4) is 0 Å². The Morgan fingerprint density at radius 1 is 1.44 bits per heavy atom. The lowest BCUT2D eigenvalue weighted by Gasteiger charge is -2.37. The molecule has 1 saturated heterocycles. The summed E-state index contributed by atoms with van der Waals surface area (Å²) in [6, 6.07) is -0.0139. The molecule has 0 spiro atoms.